The van der Waals surface area contributed by atoms with Crippen molar-refractivity contribution in [3.05, 3.63) is 35.9 Å². The van der Waals surface area contributed by atoms with Crippen molar-refractivity contribution in [2.45, 2.75) is 12.3 Å². The topological polar surface area (TPSA) is 53.3 Å². The van der Waals surface area contributed by atoms with E-state index in [4.69, 9.17) is 10.00 Å². The molecule has 18 heavy (non-hydrogen) atoms. The molecule has 0 aliphatic rings. The summed E-state index contributed by atoms with van der Waals surface area (Å²) < 4.78 is 4.84. The Hall–Kier alpha value is -1.86. The van der Waals surface area contributed by atoms with Crippen molar-refractivity contribution in [2.24, 2.45) is 0 Å². The summed E-state index contributed by atoms with van der Waals surface area (Å²) in [5.41, 5.74) is 0.938. The zero-order chi connectivity index (χ0) is 13.4. The monoisotopic (exact) mass is 246 g/mol. The predicted molar refractivity (Wildman–Crippen MR) is 68.9 cm³/mol. The summed E-state index contributed by atoms with van der Waals surface area (Å²) in [6.07, 6.45) is 0.458. The first-order valence-electron chi connectivity index (χ1n) is 5.87. The zero-order valence-corrected chi connectivity index (χ0v) is 10.8. The largest absolute Gasteiger partial charge is 0.469 e. The van der Waals surface area contributed by atoms with Gasteiger partial charge in [0.05, 0.1) is 19.1 Å². The van der Waals surface area contributed by atoms with E-state index in [2.05, 4.69) is 6.07 Å². The van der Waals surface area contributed by atoms with Gasteiger partial charge in [-0.1, -0.05) is 30.3 Å². The predicted octanol–water partition coefficient (Wildman–Crippen LogP) is 1.79. The molecular weight excluding hydrogens is 228 g/mol. The van der Waals surface area contributed by atoms with E-state index in [1.54, 1.807) is 0 Å². The molecule has 1 rings (SSSR count). The van der Waals surface area contributed by atoms with Crippen molar-refractivity contribution in [3.63, 3.8) is 0 Å². The van der Waals surface area contributed by atoms with Crippen molar-refractivity contribution in [1.82, 2.24) is 4.90 Å². The molecule has 0 aromatic heterocycles. The number of carbonyl (C=O) groups excluding carboxylic acids is 1. The molecule has 1 atom stereocenters. The summed E-state index contributed by atoms with van der Waals surface area (Å²) in [7, 11) is 3.30. The Bertz CT molecular complexity index is 412. The van der Waals surface area contributed by atoms with Crippen LogP contribution in [-0.2, 0) is 9.53 Å². The number of nitriles is 1. The Morgan fingerprint density at radius 3 is 2.67 bits per heavy atom. The normalized spacial score (nSPS) is 11.9. The van der Waals surface area contributed by atoms with E-state index in [9.17, 15) is 4.79 Å². The molecule has 0 saturated carbocycles. The van der Waals surface area contributed by atoms with Crippen LogP contribution in [0.2, 0.25) is 0 Å². The van der Waals surface area contributed by atoms with Crippen LogP contribution in [0.3, 0.4) is 0 Å². The fraction of sp³-hybridized carbons (Fsp3) is 0.429. The maximum Gasteiger partial charge on any atom is 0.314 e. The third kappa shape index (κ3) is 4.19. The van der Waals surface area contributed by atoms with Crippen LogP contribution < -0.4 is 0 Å². The summed E-state index contributed by atoms with van der Waals surface area (Å²) in [6.45, 7) is 1.20. The molecule has 0 aliphatic carbocycles. The van der Waals surface area contributed by atoms with Crippen molar-refractivity contribution in [2.75, 3.05) is 27.2 Å². The first kappa shape index (κ1) is 14.2. The van der Waals surface area contributed by atoms with Crippen LogP contribution in [0.4, 0.5) is 0 Å². The molecule has 96 valence electrons. The molecule has 0 bridgehead atoms. The molecule has 0 spiro atoms. The van der Waals surface area contributed by atoms with Crippen LogP contribution in [0.25, 0.3) is 0 Å². The van der Waals surface area contributed by atoms with Gasteiger partial charge < -0.3 is 9.64 Å². The average molecular weight is 246 g/mol. The number of benzene rings is 1. The fourth-order valence-corrected chi connectivity index (χ4v) is 1.79. The number of likely N-dealkylation sites (N-methyl/N-ethyl adjacent to an activating group) is 1. The quantitative estimate of drug-likeness (QED) is 0.718. The van der Waals surface area contributed by atoms with Gasteiger partial charge in [-0.25, -0.2) is 0 Å². The molecule has 1 aromatic carbocycles. The van der Waals surface area contributed by atoms with Gasteiger partial charge in [0.1, 0.15) is 0 Å². The van der Waals surface area contributed by atoms with E-state index in [1.807, 2.05) is 42.3 Å². The highest BCUT2D eigenvalue weighted by Crippen LogP contribution is 2.18. The standard InChI is InChI=1S/C14H18N2O2/c1-16(10-6-9-15)11-13(14(17)18-2)12-7-4-3-5-8-12/h3-5,7-8,13H,6,10-11H2,1-2H3. The number of rotatable bonds is 6. The smallest absolute Gasteiger partial charge is 0.314 e. The lowest BCUT2D eigenvalue weighted by atomic mass is 9.99. The van der Waals surface area contributed by atoms with E-state index in [-0.39, 0.29) is 11.9 Å². The van der Waals surface area contributed by atoms with Gasteiger partial charge >= 0.3 is 5.97 Å². The number of nitrogens with zero attached hydrogens (tertiary/aromatic N) is 2. The lowest BCUT2D eigenvalue weighted by molar-refractivity contribution is -0.142. The number of methoxy groups -OCH3 is 1. The number of ether oxygens (including phenoxy) is 1. The van der Waals surface area contributed by atoms with Crippen LogP contribution in [0.5, 0.6) is 0 Å². The first-order valence-corrected chi connectivity index (χ1v) is 5.87. The van der Waals surface area contributed by atoms with Gasteiger partial charge in [0.2, 0.25) is 0 Å². The molecule has 1 aromatic rings. The number of hydrogen-bond acceptors (Lipinski definition) is 4. The Labute approximate surface area is 108 Å². The van der Waals surface area contributed by atoms with Gasteiger partial charge in [0.25, 0.3) is 0 Å². The number of hydrogen-bond donors (Lipinski definition) is 0. The Balaban J connectivity index is 2.74. The maximum absolute atomic E-state index is 11.8. The Morgan fingerprint density at radius 1 is 1.44 bits per heavy atom. The van der Waals surface area contributed by atoms with Gasteiger partial charge in [0, 0.05) is 19.5 Å². The third-order valence-electron chi connectivity index (χ3n) is 2.79. The molecule has 1 unspecified atom stereocenters. The summed E-state index contributed by atoms with van der Waals surface area (Å²) in [6, 6.07) is 11.7. The second-order valence-corrected chi connectivity index (χ2v) is 4.16. The van der Waals surface area contributed by atoms with E-state index in [0.717, 1.165) is 5.56 Å². The summed E-state index contributed by atoms with van der Waals surface area (Å²) in [4.78, 5) is 13.8. The van der Waals surface area contributed by atoms with Crippen molar-refractivity contribution < 1.29 is 9.53 Å². The summed E-state index contributed by atoms with van der Waals surface area (Å²) in [5.74, 6) is -0.551. The van der Waals surface area contributed by atoms with Crippen molar-refractivity contribution in [3.8, 4) is 6.07 Å². The highest BCUT2D eigenvalue weighted by atomic mass is 16.5. The molecule has 0 fully saturated rings. The van der Waals surface area contributed by atoms with E-state index in [0.29, 0.717) is 19.5 Å². The molecule has 0 amide bonds. The lowest BCUT2D eigenvalue weighted by Gasteiger charge is -2.21. The molecule has 4 heteroatoms. The molecular formula is C14H18N2O2. The van der Waals surface area contributed by atoms with Gasteiger partial charge in [-0.15, -0.1) is 0 Å². The molecule has 4 nitrogen and oxygen atoms in total. The van der Waals surface area contributed by atoms with Gasteiger partial charge in [-0.3, -0.25) is 4.79 Å². The first-order chi connectivity index (χ1) is 8.69. The third-order valence-corrected chi connectivity index (χ3v) is 2.79. The lowest BCUT2D eigenvalue weighted by Crippen LogP contribution is -2.30. The van der Waals surface area contributed by atoms with Gasteiger partial charge in [-0.05, 0) is 12.6 Å². The number of carbonyl (C=O) groups is 1. The van der Waals surface area contributed by atoms with Crippen LogP contribution in [0.15, 0.2) is 30.3 Å². The fourth-order valence-electron chi connectivity index (χ4n) is 1.79. The molecule has 0 N–H and O–H groups in total. The van der Waals surface area contributed by atoms with Crippen molar-refractivity contribution in [1.29, 1.82) is 5.26 Å². The van der Waals surface area contributed by atoms with Crippen LogP contribution in [0.1, 0.15) is 17.9 Å². The molecule has 0 heterocycles. The van der Waals surface area contributed by atoms with Crippen LogP contribution in [-0.4, -0.2) is 38.1 Å². The van der Waals surface area contributed by atoms with Crippen LogP contribution in [0, 0.1) is 11.3 Å². The molecule has 0 radical (unpaired) electrons. The SMILES string of the molecule is COC(=O)C(CN(C)CCC#N)c1ccccc1. The zero-order valence-electron chi connectivity index (χ0n) is 10.8. The second kappa shape index (κ2) is 7.46. The molecule has 0 saturated heterocycles. The number of esters is 1. The highest BCUT2D eigenvalue weighted by Gasteiger charge is 2.22. The Morgan fingerprint density at radius 2 is 2.11 bits per heavy atom. The average Bonchev–Trinajstić information content (AvgIpc) is 2.42. The Kier molecular flexibility index (Phi) is 5.89. The highest BCUT2D eigenvalue weighted by molar-refractivity contribution is 5.78. The second-order valence-electron chi connectivity index (χ2n) is 4.16. The van der Waals surface area contributed by atoms with Gasteiger partial charge in [0.15, 0.2) is 0 Å². The van der Waals surface area contributed by atoms with E-state index < -0.39 is 0 Å². The summed E-state index contributed by atoms with van der Waals surface area (Å²) >= 11 is 0. The maximum atomic E-state index is 11.8. The van der Waals surface area contributed by atoms with Crippen molar-refractivity contribution >= 4 is 5.97 Å². The van der Waals surface area contributed by atoms with Crippen LogP contribution >= 0.6 is 0 Å². The van der Waals surface area contributed by atoms with E-state index >= 15 is 0 Å². The minimum absolute atomic E-state index is 0.245. The van der Waals surface area contributed by atoms with E-state index in [1.165, 1.54) is 7.11 Å². The minimum Gasteiger partial charge on any atom is -0.469 e. The van der Waals surface area contributed by atoms with Gasteiger partial charge in [-0.2, -0.15) is 5.26 Å². The minimum atomic E-state index is -0.306. The summed E-state index contributed by atoms with van der Waals surface area (Å²) in [5, 5.41) is 8.55. The molecule has 0 aliphatic heterocycles.